The zero-order valence-corrected chi connectivity index (χ0v) is 14.6. The summed E-state index contributed by atoms with van der Waals surface area (Å²) in [5.41, 5.74) is 4.52. The molecule has 0 aliphatic rings. The first-order valence-electron chi connectivity index (χ1n) is 8.41. The number of rotatable bonds is 6. The van der Waals surface area contributed by atoms with Crippen LogP contribution in [0.3, 0.4) is 0 Å². The van der Waals surface area contributed by atoms with Crippen LogP contribution in [0, 0.1) is 5.92 Å². The molecule has 0 radical (unpaired) electrons. The largest absolute Gasteiger partial charge is 0.303 e. The molecule has 0 fully saturated rings. The Morgan fingerprint density at radius 2 is 1.91 bits per heavy atom. The van der Waals surface area contributed by atoms with E-state index >= 15 is 0 Å². The van der Waals surface area contributed by atoms with Crippen molar-refractivity contribution in [2.24, 2.45) is 5.92 Å². The Bertz CT molecular complexity index is 774. The van der Waals surface area contributed by atoms with E-state index in [1.165, 1.54) is 25.0 Å². The van der Waals surface area contributed by atoms with Gasteiger partial charge in [0.1, 0.15) is 5.65 Å². The smallest absolute Gasteiger partial charge is 0.137 e. The molecule has 0 bridgehead atoms. The topological polar surface area (TPSA) is 17.3 Å². The van der Waals surface area contributed by atoms with E-state index in [-0.39, 0.29) is 0 Å². The van der Waals surface area contributed by atoms with Crippen molar-refractivity contribution in [1.29, 1.82) is 0 Å². The van der Waals surface area contributed by atoms with Crippen LogP contribution in [0.5, 0.6) is 0 Å². The highest BCUT2D eigenvalue weighted by molar-refractivity contribution is 6.30. The number of pyridine rings is 1. The molecular formula is C20H23ClN2. The second-order valence-electron chi connectivity index (χ2n) is 6.29. The molecule has 1 atom stereocenters. The van der Waals surface area contributed by atoms with Crippen LogP contribution in [0.4, 0.5) is 0 Å². The first kappa shape index (κ1) is 16.1. The van der Waals surface area contributed by atoms with Gasteiger partial charge in [-0.25, -0.2) is 4.98 Å². The number of fused-ring (bicyclic) bond motifs is 1. The van der Waals surface area contributed by atoms with E-state index in [1.807, 2.05) is 18.2 Å². The van der Waals surface area contributed by atoms with Gasteiger partial charge >= 0.3 is 0 Å². The highest BCUT2D eigenvalue weighted by Gasteiger charge is 2.16. The van der Waals surface area contributed by atoms with Gasteiger partial charge in [-0.1, -0.05) is 62.9 Å². The van der Waals surface area contributed by atoms with Crippen molar-refractivity contribution in [1.82, 2.24) is 9.38 Å². The van der Waals surface area contributed by atoms with Crippen molar-refractivity contribution in [2.75, 3.05) is 0 Å². The van der Waals surface area contributed by atoms with Crippen molar-refractivity contribution < 1.29 is 0 Å². The number of nitrogens with zero attached hydrogens (tertiary/aromatic N) is 2. The molecular weight excluding hydrogens is 304 g/mol. The van der Waals surface area contributed by atoms with Crippen LogP contribution in [0.15, 0.2) is 48.7 Å². The molecule has 2 nitrogen and oxygen atoms in total. The highest BCUT2D eigenvalue weighted by Crippen LogP contribution is 2.28. The fourth-order valence-electron chi connectivity index (χ4n) is 3.07. The van der Waals surface area contributed by atoms with E-state index in [1.54, 1.807) is 0 Å². The second-order valence-corrected chi connectivity index (χ2v) is 6.73. The van der Waals surface area contributed by atoms with Gasteiger partial charge in [0.05, 0.1) is 11.4 Å². The SMILES string of the molecule is CCCCC(C)Cc1c(-c2ccc(Cl)cc2)nc2ccccn12. The Morgan fingerprint density at radius 3 is 2.65 bits per heavy atom. The standard InChI is InChI=1S/C20H23ClN2/c1-3-4-7-15(2)14-18-20(16-9-11-17(21)12-10-16)22-19-8-5-6-13-23(18)19/h5-6,8-13,15H,3-4,7,14H2,1-2H3. The van der Waals surface area contributed by atoms with Gasteiger partial charge < -0.3 is 4.40 Å². The highest BCUT2D eigenvalue weighted by atomic mass is 35.5. The quantitative estimate of drug-likeness (QED) is 0.541. The molecule has 2 aromatic heterocycles. The molecule has 0 saturated heterocycles. The normalized spacial score (nSPS) is 12.7. The lowest BCUT2D eigenvalue weighted by molar-refractivity contribution is 0.498. The average Bonchev–Trinajstić information content (AvgIpc) is 2.92. The third-order valence-electron chi connectivity index (χ3n) is 4.34. The number of benzene rings is 1. The number of hydrogen-bond donors (Lipinski definition) is 0. The third-order valence-corrected chi connectivity index (χ3v) is 4.59. The van der Waals surface area contributed by atoms with Crippen LogP contribution in [0.1, 0.15) is 38.8 Å². The molecule has 0 aliphatic carbocycles. The molecule has 0 N–H and O–H groups in total. The molecule has 23 heavy (non-hydrogen) atoms. The van der Waals surface area contributed by atoms with E-state index in [2.05, 4.69) is 48.7 Å². The molecule has 0 amide bonds. The minimum absolute atomic E-state index is 0.654. The number of hydrogen-bond acceptors (Lipinski definition) is 1. The second kappa shape index (κ2) is 7.18. The molecule has 2 heterocycles. The van der Waals surface area contributed by atoms with Gasteiger partial charge in [-0.2, -0.15) is 0 Å². The van der Waals surface area contributed by atoms with E-state index in [0.717, 1.165) is 28.3 Å². The molecule has 3 rings (SSSR count). The zero-order valence-electron chi connectivity index (χ0n) is 13.8. The Morgan fingerprint density at radius 1 is 1.13 bits per heavy atom. The summed E-state index contributed by atoms with van der Waals surface area (Å²) in [5.74, 6) is 0.654. The molecule has 3 aromatic rings. The average molecular weight is 327 g/mol. The Labute approximate surface area is 143 Å². The van der Waals surface area contributed by atoms with E-state index in [9.17, 15) is 0 Å². The van der Waals surface area contributed by atoms with Crippen LogP contribution < -0.4 is 0 Å². The van der Waals surface area contributed by atoms with Gasteiger partial charge in [-0.3, -0.25) is 0 Å². The molecule has 120 valence electrons. The molecule has 0 saturated carbocycles. The maximum absolute atomic E-state index is 6.03. The summed E-state index contributed by atoms with van der Waals surface area (Å²) >= 11 is 6.03. The van der Waals surface area contributed by atoms with Crippen molar-refractivity contribution in [3.63, 3.8) is 0 Å². The summed E-state index contributed by atoms with van der Waals surface area (Å²) < 4.78 is 2.23. The first-order chi connectivity index (χ1) is 11.2. The summed E-state index contributed by atoms with van der Waals surface area (Å²) in [4.78, 5) is 4.87. The van der Waals surface area contributed by atoms with Crippen LogP contribution in [-0.2, 0) is 6.42 Å². The number of imidazole rings is 1. The molecule has 1 aromatic carbocycles. The number of unbranched alkanes of at least 4 members (excludes halogenated alkanes) is 1. The van der Waals surface area contributed by atoms with Crippen molar-refractivity contribution in [3.8, 4) is 11.3 Å². The lowest BCUT2D eigenvalue weighted by Gasteiger charge is -2.12. The van der Waals surface area contributed by atoms with E-state index in [0.29, 0.717) is 5.92 Å². The van der Waals surface area contributed by atoms with E-state index < -0.39 is 0 Å². The fraction of sp³-hybridized carbons (Fsp3) is 0.350. The van der Waals surface area contributed by atoms with Crippen molar-refractivity contribution in [3.05, 3.63) is 59.4 Å². The fourth-order valence-corrected chi connectivity index (χ4v) is 3.19. The predicted octanol–water partition coefficient (Wildman–Crippen LogP) is 6.02. The number of halogens is 1. The summed E-state index contributed by atoms with van der Waals surface area (Å²) in [5, 5.41) is 0.760. The minimum Gasteiger partial charge on any atom is -0.303 e. The lowest BCUT2D eigenvalue weighted by Crippen LogP contribution is -2.04. The van der Waals surface area contributed by atoms with Gasteiger partial charge in [0.15, 0.2) is 0 Å². The molecule has 3 heteroatoms. The van der Waals surface area contributed by atoms with E-state index in [4.69, 9.17) is 16.6 Å². The Kier molecular flexibility index (Phi) is 5.02. The van der Waals surface area contributed by atoms with Crippen LogP contribution in [0.2, 0.25) is 5.02 Å². The van der Waals surface area contributed by atoms with Gasteiger partial charge in [0.2, 0.25) is 0 Å². The zero-order chi connectivity index (χ0) is 16.2. The minimum atomic E-state index is 0.654. The lowest BCUT2D eigenvalue weighted by atomic mass is 9.96. The summed E-state index contributed by atoms with van der Waals surface area (Å²) in [6.07, 6.45) is 6.96. The maximum atomic E-state index is 6.03. The molecule has 0 spiro atoms. The third kappa shape index (κ3) is 3.59. The Balaban J connectivity index is 2.02. The van der Waals surface area contributed by atoms with Gasteiger partial charge in [0.25, 0.3) is 0 Å². The maximum Gasteiger partial charge on any atom is 0.137 e. The monoisotopic (exact) mass is 326 g/mol. The van der Waals surface area contributed by atoms with Gasteiger partial charge in [-0.05, 0) is 36.6 Å². The first-order valence-corrected chi connectivity index (χ1v) is 8.78. The molecule has 0 aliphatic heterocycles. The molecule has 1 unspecified atom stereocenters. The van der Waals surface area contributed by atoms with Crippen LogP contribution in [0.25, 0.3) is 16.9 Å². The predicted molar refractivity (Wildman–Crippen MR) is 98.0 cm³/mol. The van der Waals surface area contributed by atoms with Crippen LogP contribution >= 0.6 is 11.6 Å². The summed E-state index contributed by atoms with van der Waals surface area (Å²) in [6, 6.07) is 14.2. The Hall–Kier alpha value is -1.80. The van der Waals surface area contributed by atoms with Crippen molar-refractivity contribution >= 4 is 17.2 Å². The van der Waals surface area contributed by atoms with Crippen molar-refractivity contribution in [2.45, 2.75) is 39.5 Å². The number of aromatic nitrogens is 2. The van der Waals surface area contributed by atoms with Gasteiger partial charge in [-0.15, -0.1) is 0 Å². The summed E-state index contributed by atoms with van der Waals surface area (Å²) in [7, 11) is 0. The van der Waals surface area contributed by atoms with Gasteiger partial charge in [0, 0.05) is 16.8 Å². The van der Waals surface area contributed by atoms with Crippen LogP contribution in [-0.4, -0.2) is 9.38 Å². The summed E-state index contributed by atoms with van der Waals surface area (Å²) in [6.45, 7) is 4.59.